The number of pyridine rings is 1. The zero-order chi connectivity index (χ0) is 17.8. The molecule has 1 aromatic carbocycles. The van der Waals surface area contributed by atoms with E-state index in [0.717, 1.165) is 19.2 Å². The van der Waals surface area contributed by atoms with Crippen molar-refractivity contribution in [3.05, 3.63) is 51.0 Å². The van der Waals surface area contributed by atoms with Gasteiger partial charge in [0.15, 0.2) is 11.5 Å². The summed E-state index contributed by atoms with van der Waals surface area (Å²) >= 11 is 5.90. The smallest absolute Gasteiger partial charge is 0.431 e. The highest BCUT2D eigenvalue weighted by atomic mass is 35.5. The van der Waals surface area contributed by atoms with Crippen molar-refractivity contribution in [1.29, 1.82) is 0 Å². The third-order valence-electron chi connectivity index (χ3n) is 3.54. The van der Waals surface area contributed by atoms with Gasteiger partial charge in [-0.25, -0.2) is 9.37 Å². The van der Waals surface area contributed by atoms with Crippen LogP contribution in [-0.4, -0.2) is 9.55 Å². The van der Waals surface area contributed by atoms with Crippen molar-refractivity contribution in [3.8, 4) is 11.1 Å². The van der Waals surface area contributed by atoms with Crippen LogP contribution in [0.3, 0.4) is 0 Å². The van der Waals surface area contributed by atoms with Crippen LogP contribution in [-0.2, 0) is 13.2 Å². The van der Waals surface area contributed by atoms with E-state index in [-0.39, 0.29) is 33.1 Å². The number of rotatable bonds is 1. The molecule has 0 saturated carbocycles. The monoisotopic (exact) mass is 360 g/mol. The van der Waals surface area contributed by atoms with E-state index in [1.54, 1.807) is 0 Å². The summed E-state index contributed by atoms with van der Waals surface area (Å²) in [5.74, 6) is -0.706. The topological polar surface area (TPSA) is 48.0 Å². The van der Waals surface area contributed by atoms with Crippen LogP contribution in [0.2, 0.25) is 5.02 Å². The molecular weight excluding hydrogens is 352 g/mol. The quantitative estimate of drug-likeness (QED) is 0.607. The highest BCUT2D eigenvalue weighted by Crippen LogP contribution is 2.36. The first-order valence-electron chi connectivity index (χ1n) is 6.64. The Labute approximate surface area is 137 Å². The lowest BCUT2D eigenvalue weighted by atomic mass is 10.0. The molecule has 3 rings (SSSR count). The lowest BCUT2D eigenvalue weighted by Crippen LogP contribution is -2.26. The Bertz CT molecular complexity index is 1020. The normalized spacial score (nSPS) is 12.1. The van der Waals surface area contributed by atoms with E-state index in [4.69, 9.17) is 16.0 Å². The molecule has 0 bridgehead atoms. The van der Waals surface area contributed by atoms with E-state index >= 15 is 0 Å². The minimum Gasteiger partial charge on any atom is -0.440 e. The molecule has 4 nitrogen and oxygen atoms in total. The molecule has 0 aliphatic carbocycles. The summed E-state index contributed by atoms with van der Waals surface area (Å²) in [6.45, 7) is 1.50. The molecular formula is C15H9ClF4N2O2. The number of halogens is 5. The number of hydrogen-bond donors (Lipinski definition) is 0. The molecule has 0 radical (unpaired) electrons. The predicted octanol–water partition coefficient (Wildman–Crippen LogP) is 4.31. The Morgan fingerprint density at radius 2 is 1.96 bits per heavy atom. The Hall–Kier alpha value is -2.35. The van der Waals surface area contributed by atoms with E-state index in [0.29, 0.717) is 10.6 Å². The fourth-order valence-electron chi connectivity index (χ4n) is 2.48. The van der Waals surface area contributed by atoms with Crippen LogP contribution >= 0.6 is 11.6 Å². The van der Waals surface area contributed by atoms with Gasteiger partial charge in [0.2, 0.25) is 0 Å². The fraction of sp³-hybridized carbons (Fsp3) is 0.200. The average molecular weight is 361 g/mol. The van der Waals surface area contributed by atoms with Crippen molar-refractivity contribution >= 4 is 22.7 Å². The van der Waals surface area contributed by atoms with Crippen LogP contribution in [0.15, 0.2) is 27.4 Å². The minimum atomic E-state index is -4.71. The molecule has 0 aliphatic heterocycles. The number of nitrogens with zero attached hydrogens (tertiary/aromatic N) is 2. The van der Waals surface area contributed by atoms with E-state index in [1.807, 2.05) is 0 Å². The van der Waals surface area contributed by atoms with Crippen LogP contribution < -0.4 is 5.56 Å². The lowest BCUT2D eigenvalue weighted by molar-refractivity contribution is -0.143. The number of alkyl halides is 3. The highest BCUT2D eigenvalue weighted by molar-refractivity contribution is 6.35. The van der Waals surface area contributed by atoms with Gasteiger partial charge >= 0.3 is 6.18 Å². The second-order valence-electron chi connectivity index (χ2n) is 5.12. The predicted molar refractivity (Wildman–Crippen MR) is 79.4 cm³/mol. The molecule has 0 saturated heterocycles. The van der Waals surface area contributed by atoms with Gasteiger partial charge in [-0.05, 0) is 18.2 Å². The maximum absolute atomic E-state index is 14.4. The molecule has 24 heavy (non-hydrogen) atoms. The summed E-state index contributed by atoms with van der Waals surface area (Å²) in [6, 6.07) is 2.56. The van der Waals surface area contributed by atoms with Gasteiger partial charge in [-0.3, -0.25) is 4.79 Å². The van der Waals surface area contributed by atoms with Gasteiger partial charge in [0.05, 0.1) is 16.1 Å². The first-order chi connectivity index (χ1) is 11.1. The van der Waals surface area contributed by atoms with Gasteiger partial charge < -0.3 is 8.98 Å². The Morgan fingerprint density at radius 3 is 2.58 bits per heavy atom. The van der Waals surface area contributed by atoms with E-state index < -0.39 is 23.2 Å². The number of fused-ring (bicyclic) bond motifs is 1. The first-order valence-corrected chi connectivity index (χ1v) is 7.01. The molecule has 0 N–H and O–H groups in total. The molecule has 0 atom stereocenters. The SMILES string of the molecule is Cc1nc2c(Cl)cc(F)c(-c3ccc(C(F)(F)F)n(C)c3=O)c2o1. The fourth-order valence-corrected chi connectivity index (χ4v) is 2.70. The third-order valence-corrected chi connectivity index (χ3v) is 3.83. The molecule has 0 unspecified atom stereocenters. The Morgan fingerprint density at radius 1 is 1.29 bits per heavy atom. The maximum atomic E-state index is 14.4. The number of aryl methyl sites for hydroxylation is 1. The average Bonchev–Trinajstić information content (AvgIpc) is 2.84. The second kappa shape index (κ2) is 5.34. The van der Waals surface area contributed by atoms with Crippen molar-refractivity contribution in [2.75, 3.05) is 0 Å². The second-order valence-corrected chi connectivity index (χ2v) is 5.53. The van der Waals surface area contributed by atoms with E-state index in [2.05, 4.69) is 4.98 Å². The van der Waals surface area contributed by atoms with Gasteiger partial charge in [0.25, 0.3) is 5.56 Å². The van der Waals surface area contributed by atoms with Gasteiger partial charge in [-0.15, -0.1) is 0 Å². The molecule has 9 heteroatoms. The summed E-state index contributed by atoms with van der Waals surface area (Å²) in [5.41, 5.74) is -2.66. The molecule has 126 valence electrons. The molecule has 2 heterocycles. The van der Waals surface area contributed by atoms with Crippen LogP contribution in [0.1, 0.15) is 11.6 Å². The van der Waals surface area contributed by atoms with Crippen LogP contribution in [0.4, 0.5) is 17.6 Å². The van der Waals surface area contributed by atoms with Crippen molar-refractivity contribution in [2.45, 2.75) is 13.1 Å². The van der Waals surface area contributed by atoms with Crippen LogP contribution in [0.5, 0.6) is 0 Å². The lowest BCUT2D eigenvalue weighted by Gasteiger charge is -2.13. The van der Waals surface area contributed by atoms with Crippen LogP contribution in [0.25, 0.3) is 22.2 Å². The highest BCUT2D eigenvalue weighted by Gasteiger charge is 2.34. The summed E-state index contributed by atoms with van der Waals surface area (Å²) < 4.78 is 58.7. The standard InChI is InChI=1S/C15H9ClF4N2O2/c1-6-21-12-8(16)5-9(17)11(13(12)24-6)7-3-4-10(15(18,19)20)22(2)14(7)23/h3-5H,1-2H3. The van der Waals surface area contributed by atoms with Crippen molar-refractivity contribution in [3.63, 3.8) is 0 Å². The van der Waals surface area contributed by atoms with Gasteiger partial charge in [0, 0.05) is 14.0 Å². The van der Waals surface area contributed by atoms with Gasteiger partial charge in [0.1, 0.15) is 17.0 Å². The Kier molecular flexibility index (Phi) is 3.67. The van der Waals surface area contributed by atoms with Gasteiger partial charge in [-0.2, -0.15) is 13.2 Å². The molecule has 0 spiro atoms. The summed E-state index contributed by atoms with van der Waals surface area (Å²) in [4.78, 5) is 16.3. The first kappa shape index (κ1) is 16.5. The van der Waals surface area contributed by atoms with Crippen molar-refractivity contribution in [1.82, 2.24) is 9.55 Å². The number of aromatic nitrogens is 2. The number of hydrogen-bond acceptors (Lipinski definition) is 3. The van der Waals surface area contributed by atoms with Crippen molar-refractivity contribution < 1.29 is 22.0 Å². The number of benzene rings is 1. The molecule has 0 amide bonds. The summed E-state index contributed by atoms with van der Waals surface area (Å²) in [5, 5.41) is -0.0214. The van der Waals surface area contributed by atoms with Crippen molar-refractivity contribution in [2.24, 2.45) is 7.05 Å². The molecule has 2 aromatic heterocycles. The molecule has 0 aliphatic rings. The minimum absolute atomic E-state index is 0.0214. The molecule has 3 aromatic rings. The molecule has 0 fully saturated rings. The number of oxazole rings is 1. The third kappa shape index (κ3) is 2.47. The van der Waals surface area contributed by atoms with Crippen LogP contribution in [0, 0.1) is 12.7 Å². The zero-order valence-corrected chi connectivity index (χ0v) is 13.1. The maximum Gasteiger partial charge on any atom is 0.431 e. The summed E-state index contributed by atoms with van der Waals surface area (Å²) in [7, 11) is 0.964. The van der Waals surface area contributed by atoms with E-state index in [1.165, 1.54) is 6.92 Å². The largest absolute Gasteiger partial charge is 0.440 e. The Balaban J connectivity index is 2.37. The van der Waals surface area contributed by atoms with E-state index in [9.17, 15) is 22.4 Å². The summed E-state index contributed by atoms with van der Waals surface area (Å²) in [6.07, 6.45) is -4.71. The van der Waals surface area contributed by atoms with Gasteiger partial charge in [-0.1, -0.05) is 11.6 Å². The zero-order valence-electron chi connectivity index (χ0n) is 12.3.